The lowest BCUT2D eigenvalue weighted by Crippen LogP contribution is -2.49. The highest BCUT2D eigenvalue weighted by Crippen LogP contribution is 2.18. The fourth-order valence-corrected chi connectivity index (χ4v) is 3.37. The lowest BCUT2D eigenvalue weighted by Gasteiger charge is -2.24. The SMILES string of the molecule is O=C(NC(Cc1ccccc1)C(=O)N1CCCC1)c1ccc(F)cc1Cl. The molecule has 0 aromatic heterocycles. The van der Waals surface area contributed by atoms with E-state index in [0.29, 0.717) is 19.5 Å². The van der Waals surface area contributed by atoms with Gasteiger partial charge in [-0.25, -0.2) is 4.39 Å². The molecule has 1 atom stereocenters. The molecule has 1 aliphatic rings. The second kappa shape index (κ2) is 8.32. The van der Waals surface area contributed by atoms with Crippen LogP contribution in [-0.2, 0) is 11.2 Å². The third-order valence-corrected chi connectivity index (χ3v) is 4.79. The van der Waals surface area contributed by atoms with E-state index >= 15 is 0 Å². The van der Waals surface area contributed by atoms with Gasteiger partial charge in [-0.2, -0.15) is 0 Å². The van der Waals surface area contributed by atoms with Gasteiger partial charge in [-0.05, 0) is 36.6 Å². The minimum atomic E-state index is -0.691. The Kier molecular flexibility index (Phi) is 5.89. The second-order valence-corrected chi connectivity index (χ2v) is 6.78. The van der Waals surface area contributed by atoms with E-state index in [1.54, 1.807) is 4.90 Å². The molecule has 0 aliphatic carbocycles. The van der Waals surface area contributed by atoms with Crippen molar-refractivity contribution in [3.63, 3.8) is 0 Å². The Balaban J connectivity index is 1.80. The quantitative estimate of drug-likeness (QED) is 0.871. The summed E-state index contributed by atoms with van der Waals surface area (Å²) in [5.41, 5.74) is 1.11. The van der Waals surface area contributed by atoms with Crippen molar-refractivity contribution in [1.82, 2.24) is 10.2 Å². The van der Waals surface area contributed by atoms with E-state index in [-0.39, 0.29) is 16.5 Å². The zero-order valence-electron chi connectivity index (χ0n) is 14.3. The molecule has 2 aromatic rings. The van der Waals surface area contributed by atoms with E-state index in [1.165, 1.54) is 12.1 Å². The highest BCUT2D eigenvalue weighted by molar-refractivity contribution is 6.33. The minimum absolute atomic E-state index is 0.0228. The summed E-state index contributed by atoms with van der Waals surface area (Å²) in [4.78, 5) is 27.3. The second-order valence-electron chi connectivity index (χ2n) is 6.37. The first-order valence-corrected chi connectivity index (χ1v) is 9.01. The van der Waals surface area contributed by atoms with Gasteiger partial charge in [-0.15, -0.1) is 0 Å². The lowest BCUT2D eigenvalue weighted by atomic mass is 10.0. The molecule has 4 nitrogen and oxygen atoms in total. The normalized spacial score (nSPS) is 14.9. The maximum atomic E-state index is 13.2. The molecule has 1 saturated heterocycles. The molecule has 1 fully saturated rings. The number of rotatable bonds is 5. The van der Waals surface area contributed by atoms with Gasteiger partial charge in [0.1, 0.15) is 11.9 Å². The Morgan fingerprint density at radius 1 is 1.12 bits per heavy atom. The molecule has 136 valence electrons. The highest BCUT2D eigenvalue weighted by Gasteiger charge is 2.28. The summed E-state index contributed by atoms with van der Waals surface area (Å²) in [6.45, 7) is 1.41. The van der Waals surface area contributed by atoms with E-state index in [0.717, 1.165) is 24.5 Å². The summed E-state index contributed by atoms with van der Waals surface area (Å²) in [5.74, 6) is -1.10. The van der Waals surface area contributed by atoms with Crippen LogP contribution in [0.5, 0.6) is 0 Å². The number of hydrogen-bond acceptors (Lipinski definition) is 2. The first-order chi connectivity index (χ1) is 12.5. The Bertz CT molecular complexity index is 792. The fourth-order valence-electron chi connectivity index (χ4n) is 3.12. The van der Waals surface area contributed by atoms with E-state index in [1.807, 2.05) is 30.3 Å². The number of amides is 2. The van der Waals surface area contributed by atoms with Gasteiger partial charge in [0.2, 0.25) is 5.91 Å². The van der Waals surface area contributed by atoms with Gasteiger partial charge >= 0.3 is 0 Å². The number of nitrogens with zero attached hydrogens (tertiary/aromatic N) is 1. The van der Waals surface area contributed by atoms with Crippen LogP contribution in [0.3, 0.4) is 0 Å². The molecule has 26 heavy (non-hydrogen) atoms. The summed E-state index contributed by atoms with van der Waals surface area (Å²) >= 11 is 5.98. The Morgan fingerprint density at radius 3 is 2.46 bits per heavy atom. The summed E-state index contributed by atoms with van der Waals surface area (Å²) in [7, 11) is 0. The summed E-state index contributed by atoms with van der Waals surface area (Å²) in [6.07, 6.45) is 2.34. The van der Waals surface area contributed by atoms with Crippen LogP contribution >= 0.6 is 11.6 Å². The first kappa shape index (κ1) is 18.4. The van der Waals surface area contributed by atoms with Crippen LogP contribution in [0.25, 0.3) is 0 Å². The summed E-state index contributed by atoms with van der Waals surface area (Å²) in [5, 5.41) is 2.80. The highest BCUT2D eigenvalue weighted by atomic mass is 35.5. The van der Waals surface area contributed by atoms with Gasteiger partial charge in [-0.1, -0.05) is 41.9 Å². The zero-order valence-corrected chi connectivity index (χ0v) is 15.0. The Hall–Kier alpha value is -2.40. The standard InChI is InChI=1S/C20H20ClFN2O2/c21-17-13-15(22)8-9-16(17)19(25)23-18(12-14-6-2-1-3-7-14)20(26)24-10-4-5-11-24/h1-3,6-9,13,18H,4-5,10-12H2,(H,23,25). The molecule has 2 amide bonds. The van der Waals surface area contributed by atoms with Crippen molar-refractivity contribution in [1.29, 1.82) is 0 Å². The van der Waals surface area contributed by atoms with E-state index < -0.39 is 17.8 Å². The molecule has 1 heterocycles. The summed E-state index contributed by atoms with van der Waals surface area (Å²) < 4.78 is 13.2. The fraction of sp³-hybridized carbons (Fsp3) is 0.300. The molecule has 1 N–H and O–H groups in total. The molecule has 6 heteroatoms. The van der Waals surface area contributed by atoms with Gasteiger partial charge in [0.25, 0.3) is 5.91 Å². The van der Waals surface area contributed by atoms with Crippen LogP contribution in [-0.4, -0.2) is 35.8 Å². The minimum Gasteiger partial charge on any atom is -0.341 e. The molecule has 1 aliphatic heterocycles. The van der Waals surface area contributed by atoms with Crippen LogP contribution in [0.4, 0.5) is 4.39 Å². The van der Waals surface area contributed by atoms with E-state index in [9.17, 15) is 14.0 Å². The third-order valence-electron chi connectivity index (χ3n) is 4.48. The molecule has 0 radical (unpaired) electrons. The molecule has 3 rings (SSSR count). The first-order valence-electron chi connectivity index (χ1n) is 8.63. The van der Waals surface area contributed by atoms with E-state index in [2.05, 4.69) is 5.32 Å². The zero-order chi connectivity index (χ0) is 18.5. The molecule has 2 aromatic carbocycles. The number of carbonyl (C=O) groups excluding carboxylic acids is 2. The van der Waals surface area contributed by atoms with Crippen molar-refractivity contribution in [3.8, 4) is 0 Å². The number of hydrogen-bond donors (Lipinski definition) is 1. The Morgan fingerprint density at radius 2 is 1.81 bits per heavy atom. The summed E-state index contributed by atoms with van der Waals surface area (Å²) in [6, 6.07) is 12.4. The predicted octanol–water partition coefficient (Wildman–Crippen LogP) is 3.44. The number of halogens is 2. The van der Waals surface area contributed by atoms with Crippen molar-refractivity contribution in [2.45, 2.75) is 25.3 Å². The van der Waals surface area contributed by atoms with Crippen molar-refractivity contribution >= 4 is 23.4 Å². The molecular formula is C20H20ClFN2O2. The van der Waals surface area contributed by atoms with E-state index in [4.69, 9.17) is 11.6 Å². The number of benzene rings is 2. The van der Waals surface area contributed by atoms with Gasteiger partial charge in [0.05, 0.1) is 10.6 Å². The number of carbonyl (C=O) groups is 2. The van der Waals surface area contributed by atoms with Crippen LogP contribution in [0.15, 0.2) is 48.5 Å². The number of nitrogens with one attached hydrogen (secondary N) is 1. The van der Waals surface area contributed by atoms with Crippen molar-refractivity contribution in [2.24, 2.45) is 0 Å². The monoisotopic (exact) mass is 374 g/mol. The van der Waals surface area contributed by atoms with Gasteiger partial charge in [0, 0.05) is 19.5 Å². The third kappa shape index (κ3) is 4.41. The average Bonchev–Trinajstić information content (AvgIpc) is 3.16. The van der Waals surface area contributed by atoms with Crippen LogP contribution in [0.1, 0.15) is 28.8 Å². The maximum absolute atomic E-state index is 13.2. The average molecular weight is 375 g/mol. The van der Waals surface area contributed by atoms with Crippen LogP contribution < -0.4 is 5.32 Å². The maximum Gasteiger partial charge on any atom is 0.253 e. The largest absolute Gasteiger partial charge is 0.341 e. The molecule has 0 bridgehead atoms. The van der Waals surface area contributed by atoms with Crippen LogP contribution in [0.2, 0.25) is 5.02 Å². The number of likely N-dealkylation sites (tertiary alicyclic amines) is 1. The van der Waals surface area contributed by atoms with Gasteiger partial charge in [-0.3, -0.25) is 9.59 Å². The topological polar surface area (TPSA) is 49.4 Å². The van der Waals surface area contributed by atoms with Crippen molar-refractivity contribution in [2.75, 3.05) is 13.1 Å². The molecule has 0 spiro atoms. The van der Waals surface area contributed by atoms with Gasteiger partial charge < -0.3 is 10.2 Å². The smallest absolute Gasteiger partial charge is 0.253 e. The van der Waals surface area contributed by atoms with Crippen molar-refractivity contribution in [3.05, 3.63) is 70.5 Å². The predicted molar refractivity (Wildman–Crippen MR) is 98.6 cm³/mol. The Labute approximate surface area is 157 Å². The molecule has 1 unspecified atom stereocenters. The lowest BCUT2D eigenvalue weighted by molar-refractivity contribution is -0.132. The van der Waals surface area contributed by atoms with Crippen LogP contribution in [0, 0.1) is 5.82 Å². The molecular weight excluding hydrogens is 355 g/mol. The molecule has 0 saturated carbocycles. The van der Waals surface area contributed by atoms with Gasteiger partial charge in [0.15, 0.2) is 0 Å². The van der Waals surface area contributed by atoms with Crippen molar-refractivity contribution < 1.29 is 14.0 Å².